The van der Waals surface area contributed by atoms with Gasteiger partial charge in [0, 0.05) is 41.7 Å². The van der Waals surface area contributed by atoms with Crippen molar-refractivity contribution in [1.29, 1.82) is 5.26 Å². The normalized spacial score (nSPS) is 26.1. The van der Waals surface area contributed by atoms with Gasteiger partial charge in [-0.3, -0.25) is 4.79 Å². The topological polar surface area (TPSA) is 102 Å². The first-order valence-electron chi connectivity index (χ1n) is 13.4. The van der Waals surface area contributed by atoms with Crippen LogP contribution in [0.1, 0.15) is 57.1 Å². The van der Waals surface area contributed by atoms with Gasteiger partial charge in [-0.2, -0.15) is 5.26 Å². The van der Waals surface area contributed by atoms with Crippen LogP contribution in [0.3, 0.4) is 0 Å². The highest BCUT2D eigenvalue weighted by molar-refractivity contribution is 7.88. The molecule has 0 aliphatic carbocycles. The van der Waals surface area contributed by atoms with Crippen LogP contribution >= 0.6 is 23.2 Å². The van der Waals surface area contributed by atoms with Gasteiger partial charge in [0.25, 0.3) is 0 Å². The fourth-order valence-corrected chi connectivity index (χ4v) is 7.39. The number of amides is 1. The second-order valence-electron chi connectivity index (χ2n) is 12.1. The van der Waals surface area contributed by atoms with E-state index in [1.165, 1.54) is 34.6 Å². The molecule has 12 heteroatoms. The van der Waals surface area contributed by atoms with Crippen LogP contribution < -0.4 is 10.6 Å². The number of rotatable bonds is 6. The molecular formula is C29H34Cl2F2N4O3S. The van der Waals surface area contributed by atoms with Crippen LogP contribution in [0.25, 0.3) is 0 Å². The number of sulfonamides is 1. The van der Waals surface area contributed by atoms with E-state index in [-0.39, 0.29) is 45.7 Å². The fourth-order valence-electron chi connectivity index (χ4n) is 6.18. The van der Waals surface area contributed by atoms with Crippen molar-refractivity contribution in [2.45, 2.75) is 69.5 Å². The number of benzene rings is 2. The monoisotopic (exact) mass is 626 g/mol. The van der Waals surface area contributed by atoms with Gasteiger partial charge in [-0.1, -0.05) is 62.2 Å². The van der Waals surface area contributed by atoms with E-state index in [4.69, 9.17) is 23.2 Å². The molecule has 222 valence electrons. The zero-order valence-electron chi connectivity index (χ0n) is 23.3. The Labute approximate surface area is 250 Å². The molecule has 2 saturated heterocycles. The average molecular weight is 628 g/mol. The Morgan fingerprint density at radius 3 is 2.41 bits per heavy atom. The molecule has 1 amide bonds. The number of halogens is 4. The molecule has 2 heterocycles. The molecule has 0 bridgehead atoms. The molecular weight excluding hydrogens is 593 g/mol. The summed E-state index contributed by atoms with van der Waals surface area (Å²) < 4.78 is 56.7. The molecule has 2 aromatic rings. The van der Waals surface area contributed by atoms with Crippen LogP contribution in [0.5, 0.6) is 0 Å². The summed E-state index contributed by atoms with van der Waals surface area (Å²) in [6.45, 7) is 6.39. The Morgan fingerprint density at radius 1 is 1.20 bits per heavy atom. The van der Waals surface area contributed by atoms with Crippen molar-refractivity contribution in [2.24, 2.45) is 5.41 Å². The van der Waals surface area contributed by atoms with Crippen molar-refractivity contribution in [1.82, 2.24) is 14.9 Å². The number of hydrogen-bond donors (Lipinski definition) is 2. The lowest BCUT2D eigenvalue weighted by Crippen LogP contribution is -2.52. The van der Waals surface area contributed by atoms with Gasteiger partial charge in [0.05, 0.1) is 23.4 Å². The molecule has 7 nitrogen and oxygen atoms in total. The van der Waals surface area contributed by atoms with Crippen molar-refractivity contribution < 1.29 is 22.0 Å². The van der Waals surface area contributed by atoms with E-state index in [2.05, 4.69) is 16.7 Å². The number of nitrogens with one attached hydrogen (secondary N) is 2. The van der Waals surface area contributed by atoms with Gasteiger partial charge >= 0.3 is 0 Å². The van der Waals surface area contributed by atoms with Gasteiger partial charge in [-0.05, 0) is 48.4 Å². The molecule has 2 aliphatic rings. The first kappa shape index (κ1) is 31.6. The SMILES string of the molecule is CC(C)(C)C[C@@H]1N[C@@H](C(=O)NC2CCN(S(C)(=O)=O)CC2)[C@H](c2cccc(Cl)c2F)[C@@]1(C#N)c1ccc(Cl)cc1F. The van der Waals surface area contributed by atoms with Crippen molar-refractivity contribution >= 4 is 39.1 Å². The van der Waals surface area contributed by atoms with Crippen molar-refractivity contribution in [3.8, 4) is 6.07 Å². The quantitative estimate of drug-likeness (QED) is 0.463. The molecule has 2 N–H and O–H groups in total. The second kappa shape index (κ2) is 11.8. The minimum atomic E-state index is -3.36. The van der Waals surface area contributed by atoms with Gasteiger partial charge in [0.2, 0.25) is 15.9 Å². The summed E-state index contributed by atoms with van der Waals surface area (Å²) in [6, 6.07) is 8.49. The molecule has 4 rings (SSSR count). The first-order valence-corrected chi connectivity index (χ1v) is 16.0. The highest BCUT2D eigenvalue weighted by Gasteiger charge is 2.61. The van der Waals surface area contributed by atoms with E-state index in [0.717, 1.165) is 12.3 Å². The number of nitrogens with zero attached hydrogens (tertiary/aromatic N) is 2. The maximum atomic E-state index is 15.8. The van der Waals surface area contributed by atoms with Crippen LogP contribution in [0.2, 0.25) is 10.0 Å². The average Bonchev–Trinajstić information content (AvgIpc) is 3.18. The molecule has 2 fully saturated rings. The highest BCUT2D eigenvalue weighted by atomic mass is 35.5. The predicted molar refractivity (Wildman–Crippen MR) is 155 cm³/mol. The first-order chi connectivity index (χ1) is 19.1. The summed E-state index contributed by atoms with van der Waals surface area (Å²) in [5, 5.41) is 17.1. The maximum Gasteiger partial charge on any atom is 0.238 e. The molecule has 0 spiro atoms. The zero-order chi connectivity index (χ0) is 30.3. The third-order valence-electron chi connectivity index (χ3n) is 8.00. The predicted octanol–water partition coefficient (Wildman–Crippen LogP) is 5.13. The summed E-state index contributed by atoms with van der Waals surface area (Å²) in [4.78, 5) is 14.0. The largest absolute Gasteiger partial charge is 0.352 e. The highest BCUT2D eigenvalue weighted by Crippen LogP contribution is 2.52. The lowest BCUT2D eigenvalue weighted by atomic mass is 9.62. The van der Waals surface area contributed by atoms with E-state index >= 15 is 8.78 Å². The molecule has 2 aliphatic heterocycles. The summed E-state index contributed by atoms with van der Waals surface area (Å²) >= 11 is 12.2. The number of piperidine rings is 1. The van der Waals surface area contributed by atoms with Crippen LogP contribution in [-0.2, 0) is 20.2 Å². The third-order valence-corrected chi connectivity index (χ3v) is 9.83. The van der Waals surface area contributed by atoms with Crippen LogP contribution in [-0.4, -0.2) is 56.1 Å². The fraction of sp³-hybridized carbons (Fsp3) is 0.517. The number of hydrogen-bond acceptors (Lipinski definition) is 5. The molecule has 0 radical (unpaired) electrons. The lowest BCUT2D eigenvalue weighted by Gasteiger charge is -2.37. The number of carbonyl (C=O) groups is 1. The molecule has 0 aromatic heterocycles. The molecule has 0 unspecified atom stereocenters. The summed E-state index contributed by atoms with van der Waals surface area (Å²) in [5.74, 6) is -3.17. The standard InChI is InChI=1S/C29H34Cl2F2N4O3S/c1-28(2,3)15-23-29(16-34,20-9-8-17(30)14-22(20)32)24(19-6-5-7-21(31)25(19)33)26(36-23)27(38)35-18-10-12-37(13-11-18)41(4,39)40/h5-9,14,18,23-24,26,36H,10-13,15H2,1-4H3,(H,35,38)/t23-,24-,26+,29-/m0/s1. The van der Waals surface area contributed by atoms with E-state index in [0.29, 0.717) is 19.3 Å². The summed E-state index contributed by atoms with van der Waals surface area (Å²) in [6.07, 6.45) is 2.29. The Hall–Kier alpha value is -2.29. The van der Waals surface area contributed by atoms with Gasteiger partial charge < -0.3 is 10.6 Å². The second-order valence-corrected chi connectivity index (χ2v) is 15.0. The summed E-state index contributed by atoms with van der Waals surface area (Å²) in [5.41, 5.74) is -2.05. The third kappa shape index (κ3) is 6.40. The Morgan fingerprint density at radius 2 is 1.85 bits per heavy atom. The van der Waals surface area contributed by atoms with Crippen LogP contribution in [0.15, 0.2) is 36.4 Å². The zero-order valence-corrected chi connectivity index (χ0v) is 25.7. The number of nitriles is 1. The minimum Gasteiger partial charge on any atom is -0.352 e. The van der Waals surface area contributed by atoms with Gasteiger partial charge in [-0.15, -0.1) is 0 Å². The maximum absolute atomic E-state index is 15.8. The lowest BCUT2D eigenvalue weighted by molar-refractivity contribution is -0.124. The van der Waals surface area contributed by atoms with Crippen molar-refractivity contribution in [3.05, 3.63) is 69.2 Å². The van der Waals surface area contributed by atoms with Gasteiger partial charge in [0.1, 0.15) is 17.0 Å². The van der Waals surface area contributed by atoms with E-state index in [1.54, 1.807) is 0 Å². The van der Waals surface area contributed by atoms with E-state index in [1.807, 2.05) is 20.8 Å². The van der Waals surface area contributed by atoms with Crippen LogP contribution in [0.4, 0.5) is 8.78 Å². The van der Waals surface area contributed by atoms with E-state index in [9.17, 15) is 18.5 Å². The smallest absolute Gasteiger partial charge is 0.238 e. The summed E-state index contributed by atoms with van der Waals surface area (Å²) in [7, 11) is -3.36. The van der Waals surface area contributed by atoms with Crippen molar-refractivity contribution in [3.63, 3.8) is 0 Å². The van der Waals surface area contributed by atoms with Crippen LogP contribution in [0, 0.1) is 28.4 Å². The molecule has 41 heavy (non-hydrogen) atoms. The minimum absolute atomic E-state index is 0.00675. The Balaban J connectivity index is 1.83. The molecule has 0 saturated carbocycles. The van der Waals surface area contributed by atoms with Gasteiger partial charge in [-0.25, -0.2) is 21.5 Å². The molecule has 4 atom stereocenters. The number of carbonyl (C=O) groups excluding carboxylic acids is 1. The van der Waals surface area contributed by atoms with E-state index < -0.39 is 51.0 Å². The Kier molecular flexibility index (Phi) is 9.08. The Bertz CT molecular complexity index is 1470. The molecule has 2 aromatic carbocycles. The van der Waals surface area contributed by atoms with Crippen molar-refractivity contribution in [2.75, 3.05) is 19.3 Å². The van der Waals surface area contributed by atoms with Gasteiger partial charge in [0.15, 0.2) is 0 Å².